The molecule has 0 radical (unpaired) electrons. The molecule has 160 valence electrons. The van der Waals surface area contributed by atoms with Crippen LogP contribution in [0.15, 0.2) is 12.2 Å². The van der Waals surface area contributed by atoms with Crippen LogP contribution in [0.3, 0.4) is 0 Å². The molecule has 0 spiro atoms. The van der Waals surface area contributed by atoms with Crippen LogP contribution in [0.1, 0.15) is 149 Å². The molecule has 0 amide bonds. The van der Waals surface area contributed by atoms with Crippen LogP contribution < -0.4 is 0 Å². The predicted octanol–water partition coefficient (Wildman–Crippen LogP) is 9.34. The smallest absolute Gasteiger partial charge is 0.130 e. The average molecular weight is 379 g/mol. The fraction of sp³-hybridized carbons (Fsp3) is 0.885. The summed E-state index contributed by atoms with van der Waals surface area (Å²) >= 11 is 0. The fourth-order valence-corrected chi connectivity index (χ4v) is 3.69. The highest BCUT2D eigenvalue weighted by Crippen LogP contribution is 2.14. The number of hydrogen-bond acceptors (Lipinski definition) is 1. The SMILES string of the molecule is CCCCCCCCCCCCCCCCCCCCC=CCCC(C)=O. The van der Waals surface area contributed by atoms with E-state index < -0.39 is 0 Å². The fourth-order valence-electron chi connectivity index (χ4n) is 3.69. The van der Waals surface area contributed by atoms with Gasteiger partial charge in [0.1, 0.15) is 5.78 Å². The monoisotopic (exact) mass is 378 g/mol. The number of Topliss-reactive ketones (excluding diaryl/α,β-unsaturated/α-hetero) is 1. The Morgan fingerprint density at radius 3 is 1.22 bits per heavy atom. The van der Waals surface area contributed by atoms with Gasteiger partial charge in [-0.25, -0.2) is 0 Å². The Morgan fingerprint density at radius 1 is 0.519 bits per heavy atom. The lowest BCUT2D eigenvalue weighted by atomic mass is 10.0. The lowest BCUT2D eigenvalue weighted by molar-refractivity contribution is -0.116. The molecule has 0 aromatic carbocycles. The number of carbonyl (C=O) groups excluding carboxylic acids is 1. The molecule has 0 fully saturated rings. The minimum Gasteiger partial charge on any atom is -0.300 e. The molecule has 1 nitrogen and oxygen atoms in total. The molecule has 0 N–H and O–H groups in total. The van der Waals surface area contributed by atoms with E-state index in [0.717, 1.165) is 6.42 Å². The maximum Gasteiger partial charge on any atom is 0.130 e. The Balaban J connectivity index is 3.04. The largest absolute Gasteiger partial charge is 0.300 e. The molecule has 0 aromatic rings. The van der Waals surface area contributed by atoms with E-state index in [1.807, 2.05) is 0 Å². The normalized spacial score (nSPS) is 11.5. The van der Waals surface area contributed by atoms with Gasteiger partial charge >= 0.3 is 0 Å². The maximum absolute atomic E-state index is 10.8. The van der Waals surface area contributed by atoms with Crippen LogP contribution in [-0.2, 0) is 4.79 Å². The van der Waals surface area contributed by atoms with Gasteiger partial charge in [0.15, 0.2) is 0 Å². The van der Waals surface area contributed by atoms with Gasteiger partial charge in [-0.2, -0.15) is 0 Å². The van der Waals surface area contributed by atoms with E-state index in [0.29, 0.717) is 12.2 Å². The van der Waals surface area contributed by atoms with Gasteiger partial charge in [0, 0.05) is 6.42 Å². The predicted molar refractivity (Wildman–Crippen MR) is 122 cm³/mol. The molecule has 0 rings (SSSR count). The van der Waals surface area contributed by atoms with Gasteiger partial charge in [-0.15, -0.1) is 0 Å². The van der Waals surface area contributed by atoms with Crippen molar-refractivity contribution >= 4 is 5.78 Å². The van der Waals surface area contributed by atoms with Crippen molar-refractivity contribution in [3.63, 3.8) is 0 Å². The zero-order valence-corrected chi connectivity index (χ0v) is 18.9. The van der Waals surface area contributed by atoms with Crippen LogP contribution in [0.4, 0.5) is 0 Å². The second kappa shape index (κ2) is 23.4. The second-order valence-corrected chi connectivity index (χ2v) is 8.51. The molecule has 0 aliphatic rings. The van der Waals surface area contributed by atoms with Crippen molar-refractivity contribution in [1.82, 2.24) is 0 Å². The number of rotatable bonds is 22. The first-order chi connectivity index (χ1) is 13.3. The summed E-state index contributed by atoms with van der Waals surface area (Å²) < 4.78 is 0. The highest BCUT2D eigenvalue weighted by molar-refractivity contribution is 5.75. The number of unbranched alkanes of at least 4 members (excludes halogenated alkanes) is 18. The first-order valence-electron chi connectivity index (χ1n) is 12.4. The van der Waals surface area contributed by atoms with Crippen molar-refractivity contribution in [2.24, 2.45) is 0 Å². The summed E-state index contributed by atoms with van der Waals surface area (Å²) in [5.74, 6) is 0.299. The van der Waals surface area contributed by atoms with Gasteiger partial charge in [0.25, 0.3) is 0 Å². The van der Waals surface area contributed by atoms with Crippen LogP contribution in [0.5, 0.6) is 0 Å². The average Bonchev–Trinajstić information content (AvgIpc) is 2.65. The van der Waals surface area contributed by atoms with Gasteiger partial charge in [0.05, 0.1) is 0 Å². The van der Waals surface area contributed by atoms with E-state index in [1.165, 1.54) is 122 Å². The summed E-state index contributed by atoms with van der Waals surface area (Å²) in [6.07, 6.45) is 33.1. The van der Waals surface area contributed by atoms with Gasteiger partial charge in [-0.3, -0.25) is 0 Å². The molecular formula is C26H50O. The molecule has 27 heavy (non-hydrogen) atoms. The summed E-state index contributed by atoms with van der Waals surface area (Å²) in [4.78, 5) is 10.8. The third-order valence-corrected chi connectivity index (χ3v) is 5.55. The molecule has 0 saturated heterocycles. The van der Waals surface area contributed by atoms with Gasteiger partial charge in [0.2, 0.25) is 0 Å². The summed E-state index contributed by atoms with van der Waals surface area (Å²) in [5.41, 5.74) is 0. The summed E-state index contributed by atoms with van der Waals surface area (Å²) in [6, 6.07) is 0. The van der Waals surface area contributed by atoms with Crippen molar-refractivity contribution < 1.29 is 4.79 Å². The molecule has 0 aliphatic heterocycles. The van der Waals surface area contributed by atoms with E-state index >= 15 is 0 Å². The van der Waals surface area contributed by atoms with Crippen LogP contribution >= 0.6 is 0 Å². The molecule has 1 heteroatoms. The van der Waals surface area contributed by atoms with E-state index in [9.17, 15) is 4.79 Å². The van der Waals surface area contributed by atoms with Crippen molar-refractivity contribution in [2.75, 3.05) is 0 Å². The third kappa shape index (κ3) is 25.4. The highest BCUT2D eigenvalue weighted by Gasteiger charge is 1.95. The van der Waals surface area contributed by atoms with Crippen molar-refractivity contribution in [1.29, 1.82) is 0 Å². The van der Waals surface area contributed by atoms with Gasteiger partial charge in [-0.05, 0) is 26.2 Å². The highest BCUT2D eigenvalue weighted by atomic mass is 16.1. The van der Waals surface area contributed by atoms with Crippen LogP contribution in [0.2, 0.25) is 0 Å². The van der Waals surface area contributed by atoms with E-state index in [-0.39, 0.29) is 0 Å². The molecule has 0 atom stereocenters. The lowest BCUT2D eigenvalue weighted by Gasteiger charge is -2.03. The van der Waals surface area contributed by atoms with Crippen LogP contribution in [0, 0.1) is 0 Å². The first-order valence-corrected chi connectivity index (χ1v) is 12.4. The Bertz CT molecular complexity index is 318. The van der Waals surface area contributed by atoms with E-state index in [2.05, 4.69) is 19.1 Å². The van der Waals surface area contributed by atoms with E-state index in [1.54, 1.807) is 6.92 Å². The van der Waals surface area contributed by atoms with Crippen molar-refractivity contribution in [2.45, 2.75) is 149 Å². The third-order valence-electron chi connectivity index (χ3n) is 5.55. The van der Waals surface area contributed by atoms with Crippen molar-refractivity contribution in [3.8, 4) is 0 Å². The van der Waals surface area contributed by atoms with Gasteiger partial charge in [-0.1, -0.05) is 128 Å². The first kappa shape index (κ1) is 26.4. The number of hydrogen-bond donors (Lipinski definition) is 0. The number of allylic oxidation sites excluding steroid dienone is 2. The molecule has 0 aliphatic carbocycles. The van der Waals surface area contributed by atoms with Crippen molar-refractivity contribution in [3.05, 3.63) is 12.2 Å². The second-order valence-electron chi connectivity index (χ2n) is 8.51. The number of carbonyl (C=O) groups is 1. The quantitative estimate of drug-likeness (QED) is 0.135. The molecule has 0 saturated carbocycles. The Kier molecular flexibility index (Phi) is 22.9. The summed E-state index contributed by atoms with van der Waals surface area (Å²) in [6.45, 7) is 3.96. The summed E-state index contributed by atoms with van der Waals surface area (Å²) in [5, 5.41) is 0. The van der Waals surface area contributed by atoms with Crippen LogP contribution in [-0.4, -0.2) is 5.78 Å². The minimum absolute atomic E-state index is 0.299. The minimum atomic E-state index is 0.299. The van der Waals surface area contributed by atoms with Gasteiger partial charge < -0.3 is 4.79 Å². The lowest BCUT2D eigenvalue weighted by Crippen LogP contribution is -1.86. The Hall–Kier alpha value is -0.590. The molecular weight excluding hydrogens is 328 g/mol. The molecule has 0 heterocycles. The maximum atomic E-state index is 10.8. The molecule has 0 bridgehead atoms. The Labute approximate surface area is 171 Å². The Morgan fingerprint density at radius 2 is 0.852 bits per heavy atom. The topological polar surface area (TPSA) is 17.1 Å². The standard InChI is InChI=1S/C26H50O/c1-3-4-5-6-7-8-9-10-11-12-13-14-15-16-17-18-19-20-21-22-23-24-25-26(2)27/h22-23H,3-21,24-25H2,1-2H3. The van der Waals surface area contributed by atoms with E-state index in [4.69, 9.17) is 0 Å². The van der Waals surface area contributed by atoms with Crippen LogP contribution in [0.25, 0.3) is 0 Å². The molecule has 0 aromatic heterocycles. The zero-order chi connectivity index (χ0) is 19.8. The summed E-state index contributed by atoms with van der Waals surface area (Å²) in [7, 11) is 0. The number of ketones is 1. The molecule has 0 unspecified atom stereocenters. The zero-order valence-electron chi connectivity index (χ0n) is 18.9.